The third-order valence-electron chi connectivity index (χ3n) is 0.806. The third kappa shape index (κ3) is 2.81. The zero-order valence-electron chi connectivity index (χ0n) is 4.74. The molecular formula is C5H8ClNOS. The van der Waals surface area contributed by atoms with Gasteiger partial charge >= 0.3 is 0 Å². The van der Waals surface area contributed by atoms with Crippen molar-refractivity contribution in [3.63, 3.8) is 0 Å². The molecule has 2 N–H and O–H groups in total. The molecule has 0 bridgehead atoms. The fourth-order valence-electron chi connectivity index (χ4n) is 0.477. The molecule has 0 aliphatic rings. The van der Waals surface area contributed by atoms with Crippen LogP contribution in [0.25, 0.3) is 0 Å². The van der Waals surface area contributed by atoms with Crippen molar-refractivity contribution >= 4 is 23.7 Å². The van der Waals surface area contributed by atoms with E-state index in [2.05, 4.69) is 4.84 Å². The molecular weight excluding hydrogens is 158 g/mol. The number of hydrogen-bond acceptors (Lipinski definition) is 3. The predicted molar refractivity (Wildman–Crippen MR) is 40.5 cm³/mol. The molecule has 1 heterocycles. The molecule has 0 atom stereocenters. The van der Waals surface area contributed by atoms with E-state index in [1.165, 1.54) is 0 Å². The summed E-state index contributed by atoms with van der Waals surface area (Å²) in [6.07, 6.45) is 0. The Balaban J connectivity index is 0.000000640. The Labute approximate surface area is 64.0 Å². The van der Waals surface area contributed by atoms with Crippen molar-refractivity contribution < 1.29 is 4.84 Å². The van der Waals surface area contributed by atoms with Gasteiger partial charge in [0.05, 0.1) is 0 Å². The minimum Gasteiger partial charge on any atom is -0.299 e. The Morgan fingerprint density at radius 1 is 1.67 bits per heavy atom. The molecule has 0 spiro atoms. The molecule has 52 valence electrons. The highest BCUT2D eigenvalue weighted by Crippen LogP contribution is 2.07. The summed E-state index contributed by atoms with van der Waals surface area (Å²) in [4.78, 5) is 5.56. The summed E-state index contributed by atoms with van der Waals surface area (Å²) in [5, 5.41) is 1.99. The lowest BCUT2D eigenvalue weighted by molar-refractivity contribution is 0.126. The highest BCUT2D eigenvalue weighted by Gasteiger charge is 1.87. The second kappa shape index (κ2) is 4.76. The topological polar surface area (TPSA) is 35.2 Å². The van der Waals surface area contributed by atoms with E-state index in [0.29, 0.717) is 6.61 Å². The lowest BCUT2D eigenvalue weighted by Crippen LogP contribution is -1.96. The summed E-state index contributed by atoms with van der Waals surface area (Å²) in [6.45, 7) is 0.525. The van der Waals surface area contributed by atoms with Crippen LogP contribution in [0, 0.1) is 0 Å². The summed E-state index contributed by atoms with van der Waals surface area (Å²) in [5.41, 5.74) is 0. The van der Waals surface area contributed by atoms with Crippen LogP contribution < -0.4 is 5.90 Å². The number of thiophene rings is 1. The van der Waals surface area contributed by atoms with Gasteiger partial charge in [-0.3, -0.25) is 4.84 Å². The SMILES string of the molecule is Cl.NOCc1cccs1. The first-order chi connectivity index (χ1) is 3.93. The van der Waals surface area contributed by atoms with E-state index >= 15 is 0 Å². The van der Waals surface area contributed by atoms with E-state index in [0.717, 1.165) is 4.88 Å². The number of nitrogens with two attached hydrogens (primary N) is 1. The van der Waals surface area contributed by atoms with Gasteiger partial charge in [0.25, 0.3) is 0 Å². The molecule has 0 unspecified atom stereocenters. The van der Waals surface area contributed by atoms with Gasteiger partial charge in [0.1, 0.15) is 6.61 Å². The van der Waals surface area contributed by atoms with Gasteiger partial charge < -0.3 is 0 Å². The van der Waals surface area contributed by atoms with Crippen molar-refractivity contribution in [2.45, 2.75) is 6.61 Å². The highest BCUT2D eigenvalue weighted by molar-refractivity contribution is 7.09. The van der Waals surface area contributed by atoms with Gasteiger partial charge in [-0.25, -0.2) is 5.90 Å². The van der Waals surface area contributed by atoms with Gasteiger partial charge in [0.2, 0.25) is 0 Å². The molecule has 0 aliphatic carbocycles. The summed E-state index contributed by atoms with van der Waals surface area (Å²) in [5.74, 6) is 4.83. The van der Waals surface area contributed by atoms with E-state index < -0.39 is 0 Å². The van der Waals surface area contributed by atoms with Crippen LogP contribution in [0.3, 0.4) is 0 Å². The Morgan fingerprint density at radius 2 is 2.44 bits per heavy atom. The number of hydrogen-bond donors (Lipinski definition) is 1. The average Bonchev–Trinajstić information content (AvgIpc) is 2.19. The molecule has 1 aromatic rings. The normalized spacial score (nSPS) is 8.56. The van der Waals surface area contributed by atoms with Crippen LogP contribution in [0.2, 0.25) is 0 Å². The lowest BCUT2D eigenvalue weighted by Gasteiger charge is -1.88. The van der Waals surface area contributed by atoms with Crippen LogP contribution in [0.15, 0.2) is 17.5 Å². The van der Waals surface area contributed by atoms with Crippen LogP contribution in [0.5, 0.6) is 0 Å². The van der Waals surface area contributed by atoms with Crippen molar-refractivity contribution in [1.29, 1.82) is 0 Å². The molecule has 0 amide bonds. The van der Waals surface area contributed by atoms with Crippen molar-refractivity contribution in [3.05, 3.63) is 22.4 Å². The second-order valence-electron chi connectivity index (χ2n) is 1.39. The van der Waals surface area contributed by atoms with Crippen LogP contribution >= 0.6 is 23.7 Å². The maximum absolute atomic E-state index is 4.83. The first-order valence-corrected chi connectivity index (χ1v) is 3.15. The molecule has 4 heteroatoms. The van der Waals surface area contributed by atoms with Crippen LogP contribution in [-0.2, 0) is 11.4 Å². The summed E-state index contributed by atoms with van der Waals surface area (Å²) >= 11 is 1.64. The van der Waals surface area contributed by atoms with Gasteiger partial charge in [-0.2, -0.15) is 0 Å². The molecule has 0 aromatic carbocycles. The van der Waals surface area contributed by atoms with E-state index in [4.69, 9.17) is 5.90 Å². The fraction of sp³-hybridized carbons (Fsp3) is 0.200. The Bertz CT molecular complexity index is 143. The van der Waals surface area contributed by atoms with Crippen molar-refractivity contribution in [2.24, 2.45) is 5.90 Å². The summed E-state index contributed by atoms with van der Waals surface area (Å²) < 4.78 is 0. The average molecular weight is 166 g/mol. The molecule has 1 rings (SSSR count). The third-order valence-corrected chi connectivity index (χ3v) is 1.66. The zero-order valence-corrected chi connectivity index (χ0v) is 6.37. The minimum absolute atomic E-state index is 0. The minimum atomic E-state index is 0. The highest BCUT2D eigenvalue weighted by atomic mass is 35.5. The first kappa shape index (κ1) is 8.91. The number of rotatable bonds is 2. The smallest absolute Gasteiger partial charge is 0.102 e. The molecule has 0 fully saturated rings. The maximum Gasteiger partial charge on any atom is 0.102 e. The molecule has 0 saturated carbocycles. The quantitative estimate of drug-likeness (QED) is 0.676. The van der Waals surface area contributed by atoms with Gasteiger partial charge in [0, 0.05) is 4.88 Å². The van der Waals surface area contributed by atoms with E-state index in [1.54, 1.807) is 11.3 Å². The Kier molecular flexibility index (Phi) is 4.71. The molecule has 0 saturated heterocycles. The first-order valence-electron chi connectivity index (χ1n) is 2.27. The second-order valence-corrected chi connectivity index (χ2v) is 2.42. The number of halogens is 1. The van der Waals surface area contributed by atoms with Crippen LogP contribution in [0.4, 0.5) is 0 Å². The van der Waals surface area contributed by atoms with Gasteiger partial charge in [-0.15, -0.1) is 23.7 Å². The molecule has 9 heavy (non-hydrogen) atoms. The van der Waals surface area contributed by atoms with Crippen LogP contribution in [0.1, 0.15) is 4.88 Å². The van der Waals surface area contributed by atoms with Gasteiger partial charge in [-0.1, -0.05) is 6.07 Å². The van der Waals surface area contributed by atoms with E-state index in [1.807, 2.05) is 17.5 Å². The standard InChI is InChI=1S/C5H7NOS.ClH/c6-7-4-5-2-1-3-8-5;/h1-3H,4,6H2;1H. The molecule has 0 radical (unpaired) electrons. The van der Waals surface area contributed by atoms with Crippen molar-refractivity contribution in [3.8, 4) is 0 Å². The predicted octanol–water partition coefficient (Wildman–Crippen LogP) is 1.56. The van der Waals surface area contributed by atoms with Gasteiger partial charge in [0.15, 0.2) is 0 Å². The van der Waals surface area contributed by atoms with E-state index in [9.17, 15) is 0 Å². The van der Waals surface area contributed by atoms with E-state index in [-0.39, 0.29) is 12.4 Å². The molecule has 2 nitrogen and oxygen atoms in total. The van der Waals surface area contributed by atoms with Crippen molar-refractivity contribution in [1.82, 2.24) is 0 Å². The molecule has 1 aromatic heterocycles. The summed E-state index contributed by atoms with van der Waals surface area (Å²) in [6, 6.07) is 3.95. The maximum atomic E-state index is 4.83. The van der Waals surface area contributed by atoms with Crippen molar-refractivity contribution in [2.75, 3.05) is 0 Å². The Morgan fingerprint density at radius 3 is 2.89 bits per heavy atom. The lowest BCUT2D eigenvalue weighted by atomic mass is 10.5. The fourth-order valence-corrected chi connectivity index (χ4v) is 1.10. The Hall–Kier alpha value is -0.0900. The zero-order chi connectivity index (χ0) is 5.82. The largest absolute Gasteiger partial charge is 0.299 e. The molecule has 0 aliphatic heterocycles. The van der Waals surface area contributed by atoms with Gasteiger partial charge in [-0.05, 0) is 11.4 Å². The monoisotopic (exact) mass is 165 g/mol. The summed E-state index contributed by atoms with van der Waals surface area (Å²) in [7, 11) is 0. The van der Waals surface area contributed by atoms with Crippen LogP contribution in [-0.4, -0.2) is 0 Å².